The number of carbonyl (C=O) groups excluding carboxylic acids is 1. The number of hydrogen-bond donors (Lipinski definition) is 0. The number of fused-ring (bicyclic) bond motifs is 1. The first-order valence-electron chi connectivity index (χ1n) is 10.3. The molecule has 166 valence electrons. The Hall–Kier alpha value is -4.32. The molecule has 6 nitrogen and oxygen atoms in total. The van der Waals surface area contributed by atoms with E-state index in [2.05, 4.69) is 4.98 Å². The molecule has 0 saturated heterocycles. The van der Waals surface area contributed by atoms with Crippen molar-refractivity contribution in [1.29, 1.82) is 0 Å². The number of para-hydroxylation sites is 2. The summed E-state index contributed by atoms with van der Waals surface area (Å²) in [6.45, 7) is 0. The predicted molar refractivity (Wildman–Crippen MR) is 128 cm³/mol. The standard InChI is InChI=1S/C27H23NO5/c1-30-23-16-19(17-24(31-2)26(23)32-3)25(29)20(13-9-12-18-10-5-4-6-11-18)27-28-21-14-7-8-15-22(21)33-27/h4-17H,1-3H3. The lowest BCUT2D eigenvalue weighted by Gasteiger charge is -2.14. The average molecular weight is 441 g/mol. The van der Waals surface area contributed by atoms with E-state index in [4.69, 9.17) is 18.6 Å². The van der Waals surface area contributed by atoms with Crippen LogP contribution in [0.15, 0.2) is 83.3 Å². The maximum absolute atomic E-state index is 13.6. The number of methoxy groups -OCH3 is 3. The van der Waals surface area contributed by atoms with Crippen molar-refractivity contribution in [1.82, 2.24) is 4.98 Å². The number of hydrogen-bond acceptors (Lipinski definition) is 6. The molecule has 0 spiro atoms. The Balaban J connectivity index is 1.81. The van der Waals surface area contributed by atoms with Crippen LogP contribution in [0.3, 0.4) is 0 Å². The van der Waals surface area contributed by atoms with Crippen LogP contribution in [0, 0.1) is 0 Å². The molecule has 33 heavy (non-hydrogen) atoms. The Morgan fingerprint density at radius 1 is 0.879 bits per heavy atom. The van der Waals surface area contributed by atoms with E-state index in [9.17, 15) is 4.79 Å². The van der Waals surface area contributed by atoms with Crippen molar-refractivity contribution in [3.63, 3.8) is 0 Å². The smallest absolute Gasteiger partial charge is 0.231 e. The van der Waals surface area contributed by atoms with Crippen LogP contribution in [0.5, 0.6) is 17.2 Å². The molecule has 4 aromatic rings. The summed E-state index contributed by atoms with van der Waals surface area (Å²) in [5, 5.41) is 0. The Bertz CT molecular complexity index is 1280. The number of nitrogens with zero attached hydrogens (tertiary/aromatic N) is 1. The van der Waals surface area contributed by atoms with E-state index in [1.54, 1.807) is 24.3 Å². The summed E-state index contributed by atoms with van der Waals surface area (Å²) < 4.78 is 22.1. The number of Topliss-reactive ketones (excluding diaryl/α,β-unsaturated/α-hetero) is 1. The normalized spacial score (nSPS) is 11.7. The highest BCUT2D eigenvalue weighted by atomic mass is 16.5. The molecular weight excluding hydrogens is 418 g/mol. The highest BCUT2D eigenvalue weighted by Gasteiger charge is 2.23. The zero-order valence-electron chi connectivity index (χ0n) is 18.6. The van der Waals surface area contributed by atoms with E-state index in [0.717, 1.165) is 5.56 Å². The third-order valence-corrected chi connectivity index (χ3v) is 5.05. The molecular formula is C27H23NO5. The monoisotopic (exact) mass is 441 g/mol. The van der Waals surface area contributed by atoms with Gasteiger partial charge in [-0.25, -0.2) is 4.98 Å². The van der Waals surface area contributed by atoms with Crippen molar-refractivity contribution in [2.75, 3.05) is 21.3 Å². The molecule has 1 heterocycles. The first kappa shape index (κ1) is 21.9. The summed E-state index contributed by atoms with van der Waals surface area (Å²) in [4.78, 5) is 18.2. The minimum absolute atomic E-state index is 0.229. The molecule has 0 fully saturated rings. The Morgan fingerprint density at radius 2 is 1.55 bits per heavy atom. The Kier molecular flexibility index (Phi) is 6.55. The van der Waals surface area contributed by atoms with Gasteiger partial charge in [-0.15, -0.1) is 0 Å². The Morgan fingerprint density at radius 3 is 2.18 bits per heavy atom. The van der Waals surface area contributed by atoms with Crippen molar-refractivity contribution >= 4 is 28.5 Å². The highest BCUT2D eigenvalue weighted by molar-refractivity contribution is 6.28. The van der Waals surface area contributed by atoms with Crippen LogP contribution in [-0.2, 0) is 0 Å². The number of oxazole rings is 1. The molecule has 0 aliphatic rings. The van der Waals surface area contributed by atoms with Crippen LogP contribution < -0.4 is 14.2 Å². The minimum Gasteiger partial charge on any atom is -0.493 e. The van der Waals surface area contributed by atoms with Gasteiger partial charge in [0.15, 0.2) is 22.9 Å². The fraction of sp³-hybridized carbons (Fsp3) is 0.111. The highest BCUT2D eigenvalue weighted by Crippen LogP contribution is 2.39. The lowest BCUT2D eigenvalue weighted by Crippen LogP contribution is -2.05. The number of carbonyl (C=O) groups is 1. The van der Waals surface area contributed by atoms with Gasteiger partial charge in [0.25, 0.3) is 0 Å². The maximum atomic E-state index is 13.6. The summed E-state index contributed by atoms with van der Waals surface area (Å²) in [5.74, 6) is 1.12. The summed E-state index contributed by atoms with van der Waals surface area (Å²) in [6, 6.07) is 20.4. The molecule has 0 aliphatic heterocycles. The zero-order chi connectivity index (χ0) is 23.2. The van der Waals surface area contributed by atoms with Crippen molar-refractivity contribution in [3.05, 3.63) is 95.9 Å². The third kappa shape index (κ3) is 4.65. The van der Waals surface area contributed by atoms with E-state index < -0.39 is 0 Å². The van der Waals surface area contributed by atoms with Crippen LogP contribution in [0.25, 0.3) is 22.7 Å². The van der Waals surface area contributed by atoms with Gasteiger partial charge in [-0.2, -0.15) is 0 Å². The minimum atomic E-state index is -0.293. The molecule has 6 heteroatoms. The molecule has 0 saturated carbocycles. The molecule has 1 aromatic heterocycles. The number of ether oxygens (including phenoxy) is 3. The van der Waals surface area contributed by atoms with Crippen LogP contribution in [0.4, 0.5) is 0 Å². The van der Waals surface area contributed by atoms with E-state index in [1.165, 1.54) is 21.3 Å². The van der Waals surface area contributed by atoms with Crippen molar-refractivity contribution in [2.45, 2.75) is 0 Å². The molecule has 0 atom stereocenters. The molecule has 0 amide bonds. The van der Waals surface area contributed by atoms with E-state index in [0.29, 0.717) is 39.5 Å². The van der Waals surface area contributed by atoms with Gasteiger partial charge in [-0.1, -0.05) is 54.6 Å². The maximum Gasteiger partial charge on any atom is 0.231 e. The number of rotatable bonds is 8. The van der Waals surface area contributed by atoms with Crippen molar-refractivity contribution in [2.24, 2.45) is 0 Å². The van der Waals surface area contributed by atoms with Crippen molar-refractivity contribution in [3.8, 4) is 17.2 Å². The second-order valence-electron chi connectivity index (χ2n) is 7.08. The molecule has 0 radical (unpaired) electrons. The third-order valence-electron chi connectivity index (χ3n) is 5.05. The lowest BCUT2D eigenvalue weighted by molar-refractivity contribution is 0.105. The van der Waals surface area contributed by atoms with Gasteiger partial charge in [0, 0.05) is 5.56 Å². The summed E-state index contributed by atoms with van der Waals surface area (Å²) >= 11 is 0. The molecule has 0 aliphatic carbocycles. The van der Waals surface area contributed by atoms with Crippen LogP contribution in [0.2, 0.25) is 0 Å². The van der Waals surface area contributed by atoms with E-state index in [1.807, 2.05) is 60.7 Å². The quantitative estimate of drug-likeness (QED) is 0.195. The average Bonchev–Trinajstić information content (AvgIpc) is 3.29. The molecule has 0 bridgehead atoms. The van der Waals surface area contributed by atoms with Gasteiger partial charge in [-0.3, -0.25) is 4.79 Å². The van der Waals surface area contributed by atoms with Gasteiger partial charge in [0.2, 0.25) is 11.6 Å². The van der Waals surface area contributed by atoms with Gasteiger partial charge in [0.05, 0.1) is 26.9 Å². The van der Waals surface area contributed by atoms with Crippen molar-refractivity contribution < 1.29 is 23.4 Å². The molecule has 0 unspecified atom stereocenters. The number of allylic oxidation sites excluding steroid dienone is 3. The largest absolute Gasteiger partial charge is 0.493 e. The van der Waals surface area contributed by atoms with Gasteiger partial charge in [0.1, 0.15) is 5.52 Å². The number of benzene rings is 3. The van der Waals surface area contributed by atoms with Gasteiger partial charge < -0.3 is 18.6 Å². The van der Waals surface area contributed by atoms with Gasteiger partial charge in [-0.05, 0) is 35.9 Å². The summed E-state index contributed by atoms with van der Waals surface area (Å²) in [6.07, 6.45) is 5.41. The summed E-state index contributed by atoms with van der Waals surface area (Å²) in [5.41, 5.74) is 2.93. The fourth-order valence-corrected chi connectivity index (χ4v) is 3.42. The first-order chi connectivity index (χ1) is 16.1. The van der Waals surface area contributed by atoms with Gasteiger partial charge >= 0.3 is 0 Å². The number of aromatic nitrogens is 1. The zero-order valence-corrected chi connectivity index (χ0v) is 18.6. The van der Waals surface area contributed by atoms with E-state index in [-0.39, 0.29) is 11.7 Å². The van der Waals surface area contributed by atoms with Crippen LogP contribution in [-0.4, -0.2) is 32.1 Å². The fourth-order valence-electron chi connectivity index (χ4n) is 3.42. The first-order valence-corrected chi connectivity index (χ1v) is 10.3. The second-order valence-corrected chi connectivity index (χ2v) is 7.08. The second kappa shape index (κ2) is 9.87. The summed E-state index contributed by atoms with van der Waals surface area (Å²) in [7, 11) is 4.53. The topological polar surface area (TPSA) is 70.8 Å². The van der Waals surface area contributed by atoms with Crippen LogP contribution >= 0.6 is 0 Å². The predicted octanol–water partition coefficient (Wildman–Crippen LogP) is 5.83. The molecule has 0 N–H and O–H groups in total. The SMILES string of the molecule is COc1cc(C(=O)C(=CC=Cc2ccccc2)c2nc3ccccc3o2)cc(OC)c1OC. The number of ketones is 1. The molecule has 3 aromatic carbocycles. The lowest BCUT2D eigenvalue weighted by atomic mass is 10.0. The molecule has 4 rings (SSSR count). The Labute approximate surface area is 191 Å². The van der Waals surface area contributed by atoms with Crippen LogP contribution in [0.1, 0.15) is 21.8 Å². The van der Waals surface area contributed by atoms with E-state index >= 15 is 0 Å².